The Morgan fingerprint density at radius 3 is 2.84 bits per heavy atom. The predicted molar refractivity (Wildman–Crippen MR) is 104 cm³/mol. The van der Waals surface area contributed by atoms with E-state index in [0.717, 1.165) is 49.4 Å². The molecule has 1 fully saturated rings. The number of aryl methyl sites for hydroxylation is 1. The van der Waals surface area contributed by atoms with E-state index in [0.29, 0.717) is 0 Å². The second-order valence-corrected chi connectivity index (χ2v) is 7.50. The molecule has 0 atom stereocenters. The van der Waals surface area contributed by atoms with Crippen molar-refractivity contribution in [1.82, 2.24) is 20.6 Å². The number of nitrogens with one attached hydrogen (secondary N) is 2. The first kappa shape index (κ1) is 17.7. The van der Waals surface area contributed by atoms with Crippen molar-refractivity contribution in [3.05, 3.63) is 40.0 Å². The van der Waals surface area contributed by atoms with E-state index in [1.807, 2.05) is 12.4 Å². The van der Waals surface area contributed by atoms with Crippen LogP contribution in [0.15, 0.2) is 29.5 Å². The topological polar surface area (TPSA) is 65.4 Å². The van der Waals surface area contributed by atoms with Crippen molar-refractivity contribution in [2.24, 2.45) is 4.99 Å². The molecule has 2 N–H and O–H groups in total. The molecule has 1 aliphatic heterocycles. The van der Waals surface area contributed by atoms with Crippen molar-refractivity contribution in [3.8, 4) is 0 Å². The Bertz CT molecular complexity index is 705. The number of pyridine rings is 1. The minimum absolute atomic E-state index is 0.736. The molecule has 0 amide bonds. The molecule has 3 rings (SSSR count). The normalized spacial score (nSPS) is 14.8. The van der Waals surface area contributed by atoms with Gasteiger partial charge >= 0.3 is 0 Å². The molecule has 0 aromatic carbocycles. The van der Waals surface area contributed by atoms with Crippen LogP contribution in [0.25, 0.3) is 0 Å². The third-order valence-corrected chi connectivity index (χ3v) is 5.20. The molecule has 1 aliphatic rings. The Morgan fingerprint density at radius 1 is 1.28 bits per heavy atom. The molecule has 0 aliphatic carbocycles. The molecule has 25 heavy (non-hydrogen) atoms. The van der Waals surface area contributed by atoms with Gasteiger partial charge in [0.2, 0.25) is 0 Å². The summed E-state index contributed by atoms with van der Waals surface area (Å²) in [5.74, 6) is 1.90. The SMILES string of the molecule is CN=C(NCCc1ncc(C)s1)NCc1ccnc(N2CCCC2)c1. The maximum atomic E-state index is 4.50. The molecule has 134 valence electrons. The zero-order chi connectivity index (χ0) is 17.5. The molecule has 2 aromatic heterocycles. The zero-order valence-electron chi connectivity index (χ0n) is 15.0. The van der Waals surface area contributed by atoms with Gasteiger partial charge in [0.1, 0.15) is 5.82 Å². The van der Waals surface area contributed by atoms with Crippen LogP contribution in [0.1, 0.15) is 28.3 Å². The van der Waals surface area contributed by atoms with Crippen LogP contribution in [0.4, 0.5) is 5.82 Å². The van der Waals surface area contributed by atoms with Crippen LogP contribution >= 0.6 is 11.3 Å². The molecular formula is C18H26N6S. The van der Waals surface area contributed by atoms with Crippen molar-refractivity contribution in [1.29, 1.82) is 0 Å². The fourth-order valence-corrected chi connectivity index (χ4v) is 3.69. The maximum Gasteiger partial charge on any atom is 0.191 e. The largest absolute Gasteiger partial charge is 0.357 e. The van der Waals surface area contributed by atoms with Crippen molar-refractivity contribution in [3.63, 3.8) is 0 Å². The summed E-state index contributed by atoms with van der Waals surface area (Å²) in [5.41, 5.74) is 1.22. The summed E-state index contributed by atoms with van der Waals surface area (Å²) in [4.78, 5) is 16.8. The van der Waals surface area contributed by atoms with E-state index in [-0.39, 0.29) is 0 Å². The summed E-state index contributed by atoms with van der Waals surface area (Å²) >= 11 is 1.75. The third-order valence-electron chi connectivity index (χ3n) is 4.22. The first-order valence-corrected chi connectivity index (χ1v) is 9.62. The Morgan fingerprint density at radius 2 is 2.12 bits per heavy atom. The fourth-order valence-electron chi connectivity index (χ4n) is 2.90. The number of rotatable bonds is 6. The number of thiazole rings is 1. The number of hydrogen-bond acceptors (Lipinski definition) is 5. The highest BCUT2D eigenvalue weighted by molar-refractivity contribution is 7.11. The van der Waals surface area contributed by atoms with Crippen molar-refractivity contribution in [2.75, 3.05) is 31.6 Å². The lowest BCUT2D eigenvalue weighted by Gasteiger charge is -2.17. The van der Waals surface area contributed by atoms with Crippen molar-refractivity contribution in [2.45, 2.75) is 32.7 Å². The second kappa shape index (κ2) is 8.80. The minimum Gasteiger partial charge on any atom is -0.357 e. The van der Waals surface area contributed by atoms with Crippen LogP contribution in [-0.4, -0.2) is 42.6 Å². The van der Waals surface area contributed by atoms with Gasteiger partial charge in [-0.1, -0.05) is 0 Å². The van der Waals surface area contributed by atoms with E-state index in [1.54, 1.807) is 18.4 Å². The van der Waals surface area contributed by atoms with E-state index in [1.165, 1.54) is 23.3 Å². The number of aromatic nitrogens is 2. The van der Waals surface area contributed by atoms with E-state index < -0.39 is 0 Å². The van der Waals surface area contributed by atoms with Crippen LogP contribution < -0.4 is 15.5 Å². The Hall–Kier alpha value is -2.15. The number of guanidine groups is 1. The van der Waals surface area contributed by atoms with Crippen LogP contribution in [0, 0.1) is 6.92 Å². The van der Waals surface area contributed by atoms with Crippen LogP contribution in [-0.2, 0) is 13.0 Å². The van der Waals surface area contributed by atoms with Crippen LogP contribution in [0.2, 0.25) is 0 Å². The Kier molecular flexibility index (Phi) is 6.22. The van der Waals surface area contributed by atoms with Crippen molar-refractivity contribution >= 4 is 23.1 Å². The summed E-state index contributed by atoms with van der Waals surface area (Å²) in [7, 11) is 1.80. The summed E-state index contributed by atoms with van der Waals surface area (Å²) < 4.78 is 0. The molecule has 1 saturated heterocycles. The van der Waals surface area contributed by atoms with Gasteiger partial charge in [-0.2, -0.15) is 0 Å². The third kappa shape index (κ3) is 5.16. The van der Waals surface area contributed by atoms with Gasteiger partial charge in [0.25, 0.3) is 0 Å². The molecular weight excluding hydrogens is 332 g/mol. The van der Waals surface area contributed by atoms with Gasteiger partial charge in [-0.3, -0.25) is 4.99 Å². The van der Waals surface area contributed by atoms with Gasteiger partial charge < -0.3 is 15.5 Å². The molecule has 0 spiro atoms. The zero-order valence-corrected chi connectivity index (χ0v) is 15.8. The standard InChI is InChI=1S/C18H26N6S/c1-14-12-22-17(25-14)6-8-21-18(19-2)23-13-15-5-7-20-16(11-15)24-9-3-4-10-24/h5,7,11-12H,3-4,6,8-10,13H2,1-2H3,(H2,19,21,23). The summed E-state index contributed by atoms with van der Waals surface area (Å²) in [5, 5.41) is 7.87. The van der Waals surface area contributed by atoms with Gasteiger partial charge in [-0.05, 0) is 37.5 Å². The Balaban J connectivity index is 1.46. The summed E-state index contributed by atoms with van der Waals surface area (Å²) in [6.07, 6.45) is 7.26. The van der Waals surface area contributed by atoms with Gasteiger partial charge in [0.15, 0.2) is 5.96 Å². The molecule has 0 radical (unpaired) electrons. The molecule has 2 aromatic rings. The van der Waals surface area contributed by atoms with Gasteiger partial charge in [-0.15, -0.1) is 11.3 Å². The Labute approximate surface area is 153 Å². The molecule has 7 heteroatoms. The lowest BCUT2D eigenvalue weighted by molar-refractivity contribution is 0.790. The summed E-state index contributed by atoms with van der Waals surface area (Å²) in [6.45, 7) is 5.87. The minimum atomic E-state index is 0.736. The second-order valence-electron chi connectivity index (χ2n) is 6.18. The number of nitrogens with zero attached hydrogens (tertiary/aromatic N) is 4. The van der Waals surface area contributed by atoms with Crippen LogP contribution in [0.3, 0.4) is 0 Å². The van der Waals surface area contributed by atoms with E-state index in [2.05, 4.69) is 49.6 Å². The highest BCUT2D eigenvalue weighted by atomic mass is 32.1. The monoisotopic (exact) mass is 358 g/mol. The molecule has 0 saturated carbocycles. The quantitative estimate of drug-likeness (QED) is 0.613. The van der Waals surface area contributed by atoms with Gasteiger partial charge in [0.05, 0.1) is 5.01 Å². The first-order valence-electron chi connectivity index (χ1n) is 8.80. The number of hydrogen-bond donors (Lipinski definition) is 2. The summed E-state index contributed by atoms with van der Waals surface area (Å²) in [6, 6.07) is 4.22. The van der Waals surface area contributed by atoms with E-state index in [4.69, 9.17) is 0 Å². The van der Waals surface area contributed by atoms with Gasteiger partial charge in [-0.25, -0.2) is 9.97 Å². The lowest BCUT2D eigenvalue weighted by Crippen LogP contribution is -2.37. The average molecular weight is 359 g/mol. The molecule has 0 unspecified atom stereocenters. The van der Waals surface area contributed by atoms with Gasteiger partial charge in [0, 0.05) is 56.9 Å². The highest BCUT2D eigenvalue weighted by Gasteiger charge is 2.13. The highest BCUT2D eigenvalue weighted by Crippen LogP contribution is 2.18. The smallest absolute Gasteiger partial charge is 0.191 e. The fraction of sp³-hybridized carbons (Fsp3) is 0.500. The van der Waals surface area contributed by atoms with E-state index >= 15 is 0 Å². The first-order chi connectivity index (χ1) is 12.2. The molecule has 3 heterocycles. The molecule has 6 nitrogen and oxygen atoms in total. The van der Waals surface area contributed by atoms with Crippen molar-refractivity contribution < 1.29 is 0 Å². The van der Waals surface area contributed by atoms with Crippen LogP contribution in [0.5, 0.6) is 0 Å². The number of anilines is 1. The maximum absolute atomic E-state index is 4.50. The predicted octanol–water partition coefficient (Wildman–Crippen LogP) is 2.35. The molecule has 0 bridgehead atoms. The lowest BCUT2D eigenvalue weighted by atomic mass is 10.2. The van der Waals surface area contributed by atoms with E-state index in [9.17, 15) is 0 Å². The number of aliphatic imine (C=N–C) groups is 1. The average Bonchev–Trinajstić information content (AvgIpc) is 3.30.